The molecule has 0 aromatic carbocycles. The quantitative estimate of drug-likeness (QED) is 0.551. The third-order valence-corrected chi connectivity index (χ3v) is 0. The van der Waals surface area contributed by atoms with Crippen LogP contribution >= 0.6 is 0 Å². The van der Waals surface area contributed by atoms with E-state index in [0.717, 1.165) is 13.8 Å². The summed E-state index contributed by atoms with van der Waals surface area (Å²) in [6, 6.07) is 0. The van der Waals surface area contributed by atoms with Crippen LogP contribution in [0.15, 0.2) is 12.2 Å². The zero-order chi connectivity index (χ0) is 10.7. The van der Waals surface area contributed by atoms with E-state index in [9.17, 15) is 0 Å². The highest BCUT2D eigenvalue weighted by atomic mass is 16.4. The summed E-state index contributed by atoms with van der Waals surface area (Å²) in [6.07, 6.45) is 0. The molecule has 0 heterocycles. The van der Waals surface area contributed by atoms with E-state index >= 15 is 0 Å². The number of allylic oxidation sites excluding steroid dienone is 1. The molecule has 0 rings (SSSR count). The number of rotatable bonds is 0. The summed E-state index contributed by atoms with van der Waals surface area (Å²) in [6.45, 7) is 9.67. The van der Waals surface area contributed by atoms with E-state index in [1.807, 2.05) is 13.8 Å². The van der Waals surface area contributed by atoms with Crippen LogP contribution < -0.4 is 0 Å². The zero-order valence-corrected chi connectivity index (χ0v) is 7.92. The Labute approximate surface area is 72.5 Å². The minimum absolute atomic E-state index is 0.833. The van der Waals surface area contributed by atoms with Gasteiger partial charge in [0.05, 0.1) is 0 Å². The van der Waals surface area contributed by atoms with Crippen LogP contribution in [0.4, 0.5) is 0 Å². The van der Waals surface area contributed by atoms with Crippen molar-refractivity contribution in [2.45, 2.75) is 27.7 Å². The maximum atomic E-state index is 9.00. The Balaban J connectivity index is -0.000000101. The second-order valence-corrected chi connectivity index (χ2v) is 2.25. The van der Waals surface area contributed by atoms with Crippen molar-refractivity contribution >= 4 is 11.9 Å². The summed E-state index contributed by atoms with van der Waals surface area (Å²) in [7, 11) is 0. The molecule has 0 aromatic rings. The molecule has 0 aromatic heterocycles. The molecule has 0 bridgehead atoms. The molecular formula is C8H16O4. The van der Waals surface area contributed by atoms with Crippen molar-refractivity contribution in [1.29, 1.82) is 0 Å². The van der Waals surface area contributed by atoms with Crippen molar-refractivity contribution in [1.82, 2.24) is 0 Å². The Morgan fingerprint density at radius 3 is 0.917 bits per heavy atom. The van der Waals surface area contributed by atoms with Crippen LogP contribution in [-0.2, 0) is 9.59 Å². The molecule has 2 N–H and O–H groups in total. The second-order valence-electron chi connectivity index (χ2n) is 2.25. The highest BCUT2D eigenvalue weighted by Gasteiger charge is 1.65. The maximum Gasteiger partial charge on any atom is 0.300 e. The van der Waals surface area contributed by atoms with Gasteiger partial charge in [-0.3, -0.25) is 9.59 Å². The van der Waals surface area contributed by atoms with E-state index in [0.29, 0.717) is 0 Å². The van der Waals surface area contributed by atoms with E-state index in [1.54, 1.807) is 0 Å². The number of carboxylic acid groups (broad SMARTS) is 2. The van der Waals surface area contributed by atoms with Crippen molar-refractivity contribution in [2.24, 2.45) is 0 Å². The molecule has 12 heavy (non-hydrogen) atoms. The first-order valence-corrected chi connectivity index (χ1v) is 3.21. The van der Waals surface area contributed by atoms with Gasteiger partial charge in [-0.25, -0.2) is 0 Å². The second kappa shape index (κ2) is 12.4. The number of aliphatic carboxylic acids is 2. The number of carbonyl (C=O) groups is 2. The van der Waals surface area contributed by atoms with Gasteiger partial charge < -0.3 is 10.2 Å². The fourth-order valence-corrected chi connectivity index (χ4v) is 0. The van der Waals surface area contributed by atoms with Gasteiger partial charge in [0.25, 0.3) is 11.9 Å². The van der Waals surface area contributed by atoms with Gasteiger partial charge in [0.2, 0.25) is 0 Å². The normalized spacial score (nSPS) is 6.33. The van der Waals surface area contributed by atoms with Crippen molar-refractivity contribution in [2.75, 3.05) is 0 Å². The van der Waals surface area contributed by atoms with Gasteiger partial charge in [-0.05, 0) is 13.8 Å². The van der Waals surface area contributed by atoms with Crippen molar-refractivity contribution in [3.8, 4) is 0 Å². The van der Waals surface area contributed by atoms with Crippen LogP contribution in [0.25, 0.3) is 0 Å². The molecule has 0 saturated heterocycles. The fourth-order valence-electron chi connectivity index (χ4n) is 0. The summed E-state index contributed by atoms with van der Waals surface area (Å²) < 4.78 is 0. The molecule has 0 fully saturated rings. The molecule has 72 valence electrons. The van der Waals surface area contributed by atoms with E-state index < -0.39 is 11.9 Å². The first kappa shape index (κ1) is 17.0. The summed E-state index contributed by atoms with van der Waals surface area (Å²) in [4.78, 5) is 18.0. The molecule has 0 unspecified atom stereocenters. The highest BCUT2D eigenvalue weighted by molar-refractivity contribution is 5.63. The van der Waals surface area contributed by atoms with E-state index in [1.165, 1.54) is 5.57 Å². The van der Waals surface area contributed by atoms with Crippen LogP contribution in [0.2, 0.25) is 0 Å². The molecule has 4 nitrogen and oxygen atoms in total. The molecule has 0 radical (unpaired) electrons. The van der Waals surface area contributed by atoms with Crippen molar-refractivity contribution < 1.29 is 19.8 Å². The van der Waals surface area contributed by atoms with Crippen LogP contribution in [0.3, 0.4) is 0 Å². The predicted octanol–water partition coefficient (Wildman–Crippen LogP) is 1.76. The van der Waals surface area contributed by atoms with Gasteiger partial charge >= 0.3 is 0 Å². The number of carboxylic acids is 2. The SMILES string of the molecule is C=C(C)C.CC(=O)O.CC(=O)O. The van der Waals surface area contributed by atoms with Gasteiger partial charge in [-0.1, -0.05) is 5.57 Å². The van der Waals surface area contributed by atoms with Crippen molar-refractivity contribution in [3.05, 3.63) is 12.2 Å². The summed E-state index contributed by atoms with van der Waals surface area (Å²) >= 11 is 0. The Morgan fingerprint density at radius 1 is 0.917 bits per heavy atom. The van der Waals surface area contributed by atoms with Crippen LogP contribution in [0.1, 0.15) is 27.7 Å². The standard InChI is InChI=1S/C4H8.2C2H4O2/c1-4(2)3;2*1-2(3)4/h1H2,2-3H3;2*1H3,(H,3,4). The summed E-state index contributed by atoms with van der Waals surface area (Å²) in [5.41, 5.74) is 1.17. The third kappa shape index (κ3) is 294. The smallest absolute Gasteiger partial charge is 0.300 e. The zero-order valence-electron chi connectivity index (χ0n) is 7.92. The summed E-state index contributed by atoms with van der Waals surface area (Å²) in [5, 5.41) is 14.8. The molecule has 0 amide bonds. The first-order chi connectivity index (χ1) is 5.20. The van der Waals surface area contributed by atoms with Crippen LogP contribution in [-0.4, -0.2) is 22.2 Å². The molecule has 0 aliphatic heterocycles. The van der Waals surface area contributed by atoms with E-state index in [4.69, 9.17) is 19.8 Å². The third-order valence-electron chi connectivity index (χ3n) is 0. The average Bonchev–Trinajstić information content (AvgIpc) is 1.54. The van der Waals surface area contributed by atoms with Gasteiger partial charge in [0.1, 0.15) is 0 Å². The molecule has 4 heteroatoms. The highest BCUT2D eigenvalue weighted by Crippen LogP contribution is 1.73. The lowest BCUT2D eigenvalue weighted by molar-refractivity contribution is -0.135. The minimum Gasteiger partial charge on any atom is -0.481 e. The molecule has 0 aliphatic rings. The Kier molecular flexibility index (Phi) is 17.5. The van der Waals surface area contributed by atoms with E-state index in [-0.39, 0.29) is 0 Å². The van der Waals surface area contributed by atoms with Crippen LogP contribution in [0, 0.1) is 0 Å². The first-order valence-electron chi connectivity index (χ1n) is 3.21. The largest absolute Gasteiger partial charge is 0.481 e. The molecule has 0 atom stereocenters. The fraction of sp³-hybridized carbons (Fsp3) is 0.500. The number of hydrogen-bond acceptors (Lipinski definition) is 2. The lowest BCUT2D eigenvalue weighted by Crippen LogP contribution is -1.78. The molecular weight excluding hydrogens is 160 g/mol. The minimum atomic E-state index is -0.833. The van der Waals surface area contributed by atoms with Gasteiger partial charge in [0.15, 0.2) is 0 Å². The lowest BCUT2D eigenvalue weighted by atomic mass is 10.4. The summed E-state index contributed by atoms with van der Waals surface area (Å²) in [5.74, 6) is -1.67. The lowest BCUT2D eigenvalue weighted by Gasteiger charge is -1.65. The Morgan fingerprint density at radius 2 is 0.917 bits per heavy atom. The predicted molar refractivity (Wildman–Crippen MR) is 47.1 cm³/mol. The monoisotopic (exact) mass is 176 g/mol. The van der Waals surface area contributed by atoms with Crippen molar-refractivity contribution in [3.63, 3.8) is 0 Å². The van der Waals surface area contributed by atoms with Gasteiger partial charge in [-0.15, -0.1) is 6.58 Å². The molecule has 0 aliphatic carbocycles. The topological polar surface area (TPSA) is 74.6 Å². The molecule has 0 spiro atoms. The average molecular weight is 176 g/mol. The molecule has 0 saturated carbocycles. The Hall–Kier alpha value is -1.32. The van der Waals surface area contributed by atoms with Gasteiger partial charge in [-0.2, -0.15) is 0 Å². The maximum absolute atomic E-state index is 9.00. The van der Waals surface area contributed by atoms with Gasteiger partial charge in [0, 0.05) is 13.8 Å². The Bertz CT molecular complexity index is 109. The van der Waals surface area contributed by atoms with Crippen LogP contribution in [0.5, 0.6) is 0 Å². The van der Waals surface area contributed by atoms with E-state index in [2.05, 4.69) is 6.58 Å². The number of hydrogen-bond donors (Lipinski definition) is 2.